The van der Waals surface area contributed by atoms with Gasteiger partial charge in [-0.15, -0.1) is 0 Å². The number of rotatable bonds is 38. The van der Waals surface area contributed by atoms with Crippen molar-refractivity contribution in [3.05, 3.63) is 47.5 Å². The molecule has 0 radical (unpaired) electrons. The van der Waals surface area contributed by atoms with Crippen molar-refractivity contribution >= 4 is 76.7 Å². The fourth-order valence-electron chi connectivity index (χ4n) is 7.29. The van der Waals surface area contributed by atoms with Crippen LogP contribution < -0.4 is 31.9 Å². The molecule has 0 spiro atoms. The second kappa shape index (κ2) is 36.5. The summed E-state index contributed by atoms with van der Waals surface area (Å²) < 4.78 is 0. The van der Waals surface area contributed by atoms with Crippen LogP contribution in [0.4, 0.5) is 0 Å². The van der Waals surface area contributed by atoms with Crippen LogP contribution in [-0.4, -0.2) is 177 Å². The third-order valence-corrected chi connectivity index (χ3v) is 12.7. The lowest BCUT2D eigenvalue weighted by atomic mass is 9.97. The van der Waals surface area contributed by atoms with Crippen molar-refractivity contribution in [1.29, 1.82) is 0 Å². The normalized spacial score (nSPS) is 13.0. The molecule has 0 fully saturated rings. The summed E-state index contributed by atoms with van der Waals surface area (Å²) in [5.41, 5.74) is 0.336. The largest absolute Gasteiger partial charge is 0.356 e. The SMILES string of the molecule is CC[C@H](C)[C@H](NC(=O)[C@H](CCSC)NC(=O)c1cccc(C(=O)NCCCCCN(O)C(=O)CCC(=O)NCCCCCN(O)C(=O)CCC(=O)NCCCCCN(O)C(C)=O)c1)C(=O)NCCN1C(=O)C=CC1=O. The molecule has 1 heterocycles. The standard InChI is InChI=1S/C50H78N10O14S/c1-5-35(2)46(50(71)54-28-32-57-42(64)22-23-43(57)65)56-49(70)39(24-33-75-4)55-48(69)38-17-15-16-37(34-38)47(68)53-27-11-8-14-31-60(74)45(67)21-19-41(63)52-26-10-7-13-30-59(73)44(66)20-18-40(62)51-25-9-6-12-29-58(72)36(3)61/h15-17,22-23,34-35,39,46,72-74H,5-14,18-21,24-33H2,1-4H3,(H,51,62)(H,52,63)(H,53,68)(H,54,71)(H,55,69)(H,56,70)/t35-,39-,46-/m0/s1. The number of nitrogens with zero attached hydrogens (tertiary/aromatic N) is 4. The molecule has 0 aliphatic carbocycles. The van der Waals surface area contributed by atoms with E-state index in [4.69, 9.17) is 0 Å². The van der Waals surface area contributed by atoms with E-state index < -0.39 is 65.2 Å². The van der Waals surface area contributed by atoms with E-state index in [1.165, 1.54) is 43.0 Å². The minimum atomic E-state index is -1.02. The molecule has 11 amide bonds. The van der Waals surface area contributed by atoms with Gasteiger partial charge in [0.1, 0.15) is 12.1 Å². The van der Waals surface area contributed by atoms with E-state index in [2.05, 4.69) is 31.9 Å². The van der Waals surface area contributed by atoms with Crippen LogP contribution in [0, 0.1) is 5.92 Å². The summed E-state index contributed by atoms with van der Waals surface area (Å²) in [6.07, 6.45) is 9.30. The molecule has 75 heavy (non-hydrogen) atoms. The number of hydrogen-bond donors (Lipinski definition) is 9. The first-order valence-corrected chi connectivity index (χ1v) is 27.0. The Labute approximate surface area is 442 Å². The highest BCUT2D eigenvalue weighted by molar-refractivity contribution is 7.98. The molecule has 1 aromatic rings. The van der Waals surface area contributed by atoms with Crippen LogP contribution in [0.2, 0.25) is 0 Å². The lowest BCUT2D eigenvalue weighted by molar-refractivity contribution is -0.166. The summed E-state index contributed by atoms with van der Waals surface area (Å²) in [7, 11) is 0. The molecule has 418 valence electrons. The van der Waals surface area contributed by atoms with Gasteiger partial charge in [0.05, 0.1) is 0 Å². The van der Waals surface area contributed by atoms with Crippen molar-refractivity contribution in [3.8, 4) is 0 Å². The molecule has 1 aliphatic heterocycles. The summed E-state index contributed by atoms with van der Waals surface area (Å²) in [5.74, 6) is -5.23. The number of hydroxylamine groups is 6. The average Bonchev–Trinajstić information content (AvgIpc) is 3.72. The Bertz CT molecular complexity index is 2090. The Hall–Kier alpha value is -6.44. The molecule has 2 rings (SSSR count). The van der Waals surface area contributed by atoms with Gasteiger partial charge in [-0.05, 0) is 100 Å². The van der Waals surface area contributed by atoms with Crippen LogP contribution in [-0.2, 0) is 43.2 Å². The van der Waals surface area contributed by atoms with Crippen molar-refractivity contribution < 1.29 is 68.4 Å². The van der Waals surface area contributed by atoms with Gasteiger partial charge in [0.15, 0.2) is 0 Å². The van der Waals surface area contributed by atoms with Crippen LogP contribution in [0.25, 0.3) is 0 Å². The molecule has 0 unspecified atom stereocenters. The molecular weight excluding hydrogens is 997 g/mol. The van der Waals surface area contributed by atoms with E-state index in [9.17, 15) is 68.4 Å². The number of benzene rings is 1. The molecule has 24 nitrogen and oxygen atoms in total. The molecular formula is C50H78N10O14S. The van der Waals surface area contributed by atoms with Gasteiger partial charge in [0.25, 0.3) is 23.6 Å². The molecule has 0 bridgehead atoms. The number of unbranched alkanes of at least 4 members (excludes halogenated alkanes) is 6. The first kappa shape index (κ1) is 64.7. The van der Waals surface area contributed by atoms with Crippen molar-refractivity contribution in [2.24, 2.45) is 5.92 Å². The van der Waals surface area contributed by atoms with E-state index in [1.54, 1.807) is 6.92 Å². The zero-order valence-electron chi connectivity index (χ0n) is 43.7. The van der Waals surface area contributed by atoms with Gasteiger partial charge in [-0.2, -0.15) is 11.8 Å². The van der Waals surface area contributed by atoms with Gasteiger partial charge < -0.3 is 31.9 Å². The Morgan fingerprint density at radius 1 is 0.613 bits per heavy atom. The molecule has 0 saturated heterocycles. The van der Waals surface area contributed by atoms with E-state index in [1.807, 2.05) is 13.2 Å². The highest BCUT2D eigenvalue weighted by atomic mass is 32.2. The van der Waals surface area contributed by atoms with E-state index in [-0.39, 0.29) is 100 Å². The molecule has 1 aliphatic rings. The number of thioether (sulfide) groups is 1. The molecule has 3 atom stereocenters. The number of hydrogen-bond acceptors (Lipinski definition) is 15. The predicted octanol–water partition coefficient (Wildman–Crippen LogP) is 1.82. The van der Waals surface area contributed by atoms with Crippen molar-refractivity contribution in [2.45, 2.75) is 129 Å². The topological polar surface area (TPSA) is 334 Å². The fraction of sp³-hybridized carbons (Fsp3) is 0.620. The van der Waals surface area contributed by atoms with Gasteiger partial charge in [-0.25, -0.2) is 15.2 Å². The van der Waals surface area contributed by atoms with Gasteiger partial charge in [0.2, 0.25) is 41.4 Å². The number of imide groups is 1. The second-order valence-corrected chi connectivity index (χ2v) is 19.0. The Balaban J connectivity index is 1.64. The zero-order chi connectivity index (χ0) is 55.7. The predicted molar refractivity (Wildman–Crippen MR) is 275 cm³/mol. The van der Waals surface area contributed by atoms with E-state index in [0.717, 1.165) is 17.1 Å². The van der Waals surface area contributed by atoms with Crippen LogP contribution in [0.3, 0.4) is 0 Å². The molecule has 0 saturated carbocycles. The highest BCUT2D eigenvalue weighted by Gasteiger charge is 2.31. The summed E-state index contributed by atoms with van der Waals surface area (Å²) in [4.78, 5) is 138. The smallest absolute Gasteiger partial charge is 0.253 e. The summed E-state index contributed by atoms with van der Waals surface area (Å²) in [5, 5.41) is 47.7. The maximum Gasteiger partial charge on any atom is 0.253 e. The summed E-state index contributed by atoms with van der Waals surface area (Å²) >= 11 is 1.47. The summed E-state index contributed by atoms with van der Waals surface area (Å²) in [6, 6.07) is 3.99. The lowest BCUT2D eigenvalue weighted by Crippen LogP contribution is -2.56. The third-order valence-electron chi connectivity index (χ3n) is 12.1. The monoisotopic (exact) mass is 1070 g/mol. The number of carbonyl (C=O) groups is 11. The van der Waals surface area contributed by atoms with Crippen LogP contribution in [0.1, 0.15) is 138 Å². The number of carbonyl (C=O) groups excluding carboxylic acids is 11. The molecule has 9 N–H and O–H groups in total. The van der Waals surface area contributed by atoms with Gasteiger partial charge >= 0.3 is 0 Å². The first-order chi connectivity index (χ1) is 35.8. The molecule has 1 aromatic carbocycles. The van der Waals surface area contributed by atoms with Crippen LogP contribution in [0.15, 0.2) is 36.4 Å². The first-order valence-electron chi connectivity index (χ1n) is 25.6. The van der Waals surface area contributed by atoms with Crippen LogP contribution >= 0.6 is 11.8 Å². The van der Waals surface area contributed by atoms with E-state index >= 15 is 0 Å². The van der Waals surface area contributed by atoms with Crippen molar-refractivity contribution in [3.63, 3.8) is 0 Å². The van der Waals surface area contributed by atoms with Crippen molar-refractivity contribution in [1.82, 2.24) is 52.0 Å². The lowest BCUT2D eigenvalue weighted by Gasteiger charge is -2.27. The maximum absolute atomic E-state index is 13.6. The molecule has 0 aromatic heterocycles. The average molecular weight is 1080 g/mol. The second-order valence-electron chi connectivity index (χ2n) is 18.0. The molecule has 25 heteroatoms. The summed E-state index contributed by atoms with van der Waals surface area (Å²) in [6.45, 7) is 6.09. The van der Waals surface area contributed by atoms with Gasteiger partial charge in [-0.1, -0.05) is 26.3 Å². The zero-order valence-corrected chi connectivity index (χ0v) is 44.5. The quantitative estimate of drug-likeness (QED) is 0.0197. The maximum atomic E-state index is 13.6. The Morgan fingerprint density at radius 2 is 1.11 bits per heavy atom. The fourth-order valence-corrected chi connectivity index (χ4v) is 7.76. The van der Waals surface area contributed by atoms with Crippen molar-refractivity contribution in [2.75, 3.05) is 64.4 Å². The highest BCUT2D eigenvalue weighted by Crippen LogP contribution is 2.13. The number of nitrogens with one attached hydrogen (secondary N) is 6. The minimum absolute atomic E-state index is 0.0160. The Morgan fingerprint density at radius 3 is 1.60 bits per heavy atom. The van der Waals surface area contributed by atoms with E-state index in [0.29, 0.717) is 98.2 Å². The third kappa shape index (κ3) is 26.1. The van der Waals surface area contributed by atoms with Gasteiger partial charge in [-0.3, -0.25) is 73.3 Å². The Kier molecular flexibility index (Phi) is 31.5. The van der Waals surface area contributed by atoms with Gasteiger partial charge in [0, 0.05) is 108 Å². The minimum Gasteiger partial charge on any atom is -0.356 e. The number of amides is 11. The van der Waals surface area contributed by atoms with Crippen LogP contribution in [0.5, 0.6) is 0 Å².